The second-order valence-electron chi connectivity index (χ2n) is 6.42. The Morgan fingerprint density at radius 1 is 1.48 bits per heavy atom. The number of carbonyl (C=O) groups excluding carboxylic acids is 1. The molecule has 1 fully saturated rings. The first kappa shape index (κ1) is 17.6. The third kappa shape index (κ3) is 4.85. The molecule has 0 aromatic carbocycles. The van der Waals surface area contributed by atoms with Crippen molar-refractivity contribution in [1.29, 1.82) is 0 Å². The Bertz CT molecular complexity index is 575. The summed E-state index contributed by atoms with van der Waals surface area (Å²) in [7, 11) is 0. The zero-order valence-corrected chi connectivity index (χ0v) is 14.2. The number of carboxylic acid groups (broad SMARTS) is 1. The molecule has 0 spiro atoms. The number of hydrogen-bond acceptors (Lipinski definition) is 7. The minimum absolute atomic E-state index is 0.0805. The quantitative estimate of drug-likeness (QED) is 0.833. The van der Waals surface area contributed by atoms with Gasteiger partial charge >= 0.3 is 12.1 Å². The number of aromatic nitrogens is 2. The summed E-state index contributed by atoms with van der Waals surface area (Å²) in [5, 5.41) is 15.5. The summed E-state index contributed by atoms with van der Waals surface area (Å²) in [6.45, 7) is 5.38. The molecule has 0 aliphatic carbocycles. The smallest absolute Gasteiger partial charge is 0.408 e. The molecule has 9 heteroatoms. The van der Waals surface area contributed by atoms with Crippen molar-refractivity contribution in [3.05, 3.63) is 11.7 Å². The summed E-state index contributed by atoms with van der Waals surface area (Å²) >= 11 is 1.68. The number of amides is 1. The molecular weight excluding hydrogens is 322 g/mol. The highest BCUT2D eigenvalue weighted by molar-refractivity contribution is 7.99. The van der Waals surface area contributed by atoms with Crippen LogP contribution in [0.5, 0.6) is 0 Å². The van der Waals surface area contributed by atoms with Crippen LogP contribution in [0.25, 0.3) is 0 Å². The molecule has 128 valence electrons. The van der Waals surface area contributed by atoms with Gasteiger partial charge in [-0.05, 0) is 32.9 Å². The van der Waals surface area contributed by atoms with Crippen molar-refractivity contribution in [2.75, 3.05) is 11.5 Å². The number of ether oxygens (including phenoxy) is 1. The standard InChI is InChI=1S/C14H21N3O5S/c1-13(2,3)21-12(20)16-14(6-7-23-8-14)11-15-9(22-17-11)4-5-10(18)19/h4-8H2,1-3H3,(H,16,20)(H,18,19). The SMILES string of the molecule is CC(C)(C)OC(=O)NC1(c2noc(CCC(=O)O)n2)CCSC1. The van der Waals surface area contributed by atoms with Crippen molar-refractivity contribution in [2.24, 2.45) is 0 Å². The van der Waals surface area contributed by atoms with Crippen LogP contribution in [0.3, 0.4) is 0 Å². The molecular formula is C14H21N3O5S. The number of hydrogen-bond donors (Lipinski definition) is 2. The summed E-state index contributed by atoms with van der Waals surface area (Å²) in [5.41, 5.74) is -1.33. The lowest BCUT2D eigenvalue weighted by Gasteiger charge is -2.28. The van der Waals surface area contributed by atoms with Gasteiger partial charge in [0.25, 0.3) is 0 Å². The van der Waals surface area contributed by atoms with Gasteiger partial charge in [0.1, 0.15) is 11.1 Å². The fraction of sp³-hybridized carbons (Fsp3) is 0.714. The molecule has 1 amide bonds. The maximum absolute atomic E-state index is 12.1. The van der Waals surface area contributed by atoms with Crippen molar-refractivity contribution < 1.29 is 24.0 Å². The average molecular weight is 343 g/mol. The fourth-order valence-electron chi connectivity index (χ4n) is 2.16. The van der Waals surface area contributed by atoms with E-state index in [1.165, 1.54) is 0 Å². The van der Waals surface area contributed by atoms with E-state index in [2.05, 4.69) is 15.5 Å². The van der Waals surface area contributed by atoms with Crippen LogP contribution in [-0.4, -0.2) is 44.4 Å². The van der Waals surface area contributed by atoms with Gasteiger partial charge in [-0.15, -0.1) is 0 Å². The third-order valence-electron chi connectivity index (χ3n) is 3.21. The van der Waals surface area contributed by atoms with Crippen molar-refractivity contribution in [3.63, 3.8) is 0 Å². The van der Waals surface area contributed by atoms with E-state index in [9.17, 15) is 9.59 Å². The van der Waals surface area contributed by atoms with E-state index < -0.39 is 23.2 Å². The zero-order valence-electron chi connectivity index (χ0n) is 13.4. The predicted octanol–water partition coefficient (Wildman–Crippen LogP) is 1.94. The zero-order chi connectivity index (χ0) is 17.1. The molecule has 2 N–H and O–H groups in total. The maximum atomic E-state index is 12.1. The van der Waals surface area contributed by atoms with Gasteiger partial charge in [-0.1, -0.05) is 5.16 Å². The second kappa shape index (κ2) is 6.77. The van der Waals surface area contributed by atoms with Crippen LogP contribution in [0.2, 0.25) is 0 Å². The Morgan fingerprint density at radius 2 is 2.22 bits per heavy atom. The molecule has 1 saturated heterocycles. The second-order valence-corrected chi connectivity index (χ2v) is 7.52. The summed E-state index contributed by atoms with van der Waals surface area (Å²) in [6.07, 6.45) is 0.215. The number of nitrogens with zero attached hydrogens (tertiary/aromatic N) is 2. The Kier molecular flexibility index (Phi) is 5.18. The minimum Gasteiger partial charge on any atom is -0.481 e. The highest BCUT2D eigenvalue weighted by Crippen LogP contribution is 2.35. The van der Waals surface area contributed by atoms with Crippen molar-refractivity contribution in [3.8, 4) is 0 Å². The normalized spacial score (nSPS) is 21.2. The van der Waals surface area contributed by atoms with Crippen LogP contribution in [0.4, 0.5) is 4.79 Å². The third-order valence-corrected chi connectivity index (χ3v) is 4.40. The molecule has 0 radical (unpaired) electrons. The number of rotatable bonds is 5. The lowest BCUT2D eigenvalue weighted by molar-refractivity contribution is -0.137. The number of alkyl carbamates (subject to hydrolysis) is 1. The van der Waals surface area contributed by atoms with E-state index in [-0.39, 0.29) is 18.7 Å². The molecule has 1 aromatic rings. The number of aliphatic carboxylic acids is 1. The van der Waals surface area contributed by atoms with Gasteiger partial charge in [0.05, 0.1) is 6.42 Å². The lowest BCUT2D eigenvalue weighted by atomic mass is 9.98. The number of aryl methyl sites for hydroxylation is 1. The van der Waals surface area contributed by atoms with Gasteiger partial charge in [-0.2, -0.15) is 16.7 Å². The van der Waals surface area contributed by atoms with Crippen LogP contribution < -0.4 is 5.32 Å². The van der Waals surface area contributed by atoms with E-state index >= 15 is 0 Å². The van der Waals surface area contributed by atoms with Crippen LogP contribution in [0.15, 0.2) is 4.52 Å². The highest BCUT2D eigenvalue weighted by atomic mass is 32.2. The van der Waals surface area contributed by atoms with Crippen molar-refractivity contribution >= 4 is 23.8 Å². The Hall–Kier alpha value is -1.77. The molecule has 23 heavy (non-hydrogen) atoms. The summed E-state index contributed by atoms with van der Waals surface area (Å²) in [4.78, 5) is 27.0. The van der Waals surface area contributed by atoms with Gasteiger partial charge in [0, 0.05) is 12.2 Å². The van der Waals surface area contributed by atoms with Crippen LogP contribution >= 0.6 is 11.8 Å². The Morgan fingerprint density at radius 3 is 2.78 bits per heavy atom. The molecule has 1 aliphatic heterocycles. The molecule has 2 heterocycles. The van der Waals surface area contributed by atoms with Crippen LogP contribution in [0, 0.1) is 0 Å². The lowest BCUT2D eigenvalue weighted by Crippen LogP contribution is -2.48. The summed E-state index contributed by atoms with van der Waals surface area (Å²) in [5.74, 6) is 1.17. The highest BCUT2D eigenvalue weighted by Gasteiger charge is 2.43. The van der Waals surface area contributed by atoms with Crippen LogP contribution in [0.1, 0.15) is 45.3 Å². The summed E-state index contributed by atoms with van der Waals surface area (Å²) in [6, 6.07) is 0. The average Bonchev–Trinajstić information content (AvgIpc) is 3.03. The van der Waals surface area contributed by atoms with Gasteiger partial charge in [-0.25, -0.2) is 4.79 Å². The predicted molar refractivity (Wildman–Crippen MR) is 83.2 cm³/mol. The molecule has 8 nitrogen and oxygen atoms in total. The van der Waals surface area contributed by atoms with Crippen molar-refractivity contribution in [1.82, 2.24) is 15.5 Å². The summed E-state index contributed by atoms with van der Waals surface area (Å²) < 4.78 is 10.4. The van der Waals surface area contributed by atoms with Gasteiger partial charge in [-0.3, -0.25) is 4.79 Å². The van der Waals surface area contributed by atoms with E-state index in [0.29, 0.717) is 18.0 Å². The van der Waals surface area contributed by atoms with Crippen LogP contribution in [-0.2, 0) is 21.5 Å². The number of carboxylic acids is 1. The fourth-order valence-corrected chi connectivity index (χ4v) is 3.49. The molecule has 1 aliphatic rings. The molecule has 2 rings (SSSR count). The van der Waals surface area contributed by atoms with Crippen molar-refractivity contribution in [2.45, 2.75) is 51.2 Å². The van der Waals surface area contributed by atoms with Gasteiger partial charge in [0.2, 0.25) is 5.89 Å². The largest absolute Gasteiger partial charge is 0.481 e. The Balaban J connectivity index is 2.11. The maximum Gasteiger partial charge on any atom is 0.408 e. The first-order chi connectivity index (χ1) is 10.7. The molecule has 1 atom stereocenters. The molecule has 0 saturated carbocycles. The van der Waals surface area contributed by atoms with Gasteiger partial charge in [0.15, 0.2) is 5.82 Å². The molecule has 1 unspecified atom stereocenters. The molecule has 0 bridgehead atoms. The van der Waals surface area contributed by atoms with E-state index in [1.54, 1.807) is 32.5 Å². The number of nitrogens with one attached hydrogen (secondary N) is 1. The monoisotopic (exact) mass is 343 g/mol. The van der Waals surface area contributed by atoms with E-state index in [1.807, 2.05) is 0 Å². The first-order valence-electron chi connectivity index (χ1n) is 7.34. The first-order valence-corrected chi connectivity index (χ1v) is 8.49. The molecule has 1 aromatic heterocycles. The van der Waals surface area contributed by atoms with Gasteiger partial charge < -0.3 is 19.7 Å². The van der Waals surface area contributed by atoms with E-state index in [0.717, 1.165) is 5.75 Å². The topological polar surface area (TPSA) is 115 Å². The number of thioether (sulfide) groups is 1. The number of carbonyl (C=O) groups is 2. The Labute approximate surface area is 138 Å². The minimum atomic E-state index is -0.928. The van der Waals surface area contributed by atoms with E-state index in [4.69, 9.17) is 14.4 Å².